The predicted octanol–water partition coefficient (Wildman–Crippen LogP) is -0.668. The number of hydrogen-bond donors (Lipinski definition) is 2. The monoisotopic (exact) mass is 162 g/mol. The lowest BCUT2D eigenvalue weighted by atomic mass is 10.1. The van der Waals surface area contributed by atoms with E-state index in [1.165, 1.54) is 14.0 Å². The maximum absolute atomic E-state index is 9.96. The highest BCUT2D eigenvalue weighted by molar-refractivity contribution is 5.50. The van der Waals surface area contributed by atoms with Crippen LogP contribution in [-0.4, -0.2) is 41.9 Å². The molecule has 0 amide bonds. The number of hydrogen-bond acceptors (Lipinski definition) is 4. The molecular formula is C7H14O4. The normalized spacial score (nSPS) is 18.9. The first-order chi connectivity index (χ1) is 5.13. The molecule has 0 aliphatic heterocycles. The fourth-order valence-corrected chi connectivity index (χ4v) is 0.908. The number of rotatable bonds is 5. The van der Waals surface area contributed by atoms with Crippen LogP contribution >= 0.6 is 0 Å². The van der Waals surface area contributed by atoms with E-state index in [1.807, 2.05) is 0 Å². The minimum absolute atomic E-state index is 0.0105. The number of carbonyl (C=O) groups excluding carboxylic acids is 1. The smallest absolute Gasteiger partial charge is 0.122 e. The minimum atomic E-state index is -0.919. The molecule has 0 aromatic heterocycles. The highest BCUT2D eigenvalue weighted by atomic mass is 16.5. The van der Waals surface area contributed by atoms with Crippen molar-refractivity contribution in [3.63, 3.8) is 0 Å². The summed E-state index contributed by atoms with van der Waals surface area (Å²) in [6.07, 6.45) is -1.78. The van der Waals surface area contributed by atoms with Gasteiger partial charge in [-0.05, 0) is 6.92 Å². The topological polar surface area (TPSA) is 66.8 Å². The van der Waals surface area contributed by atoms with E-state index in [9.17, 15) is 4.79 Å². The van der Waals surface area contributed by atoms with Gasteiger partial charge >= 0.3 is 0 Å². The molecule has 0 rings (SSSR count). The summed E-state index contributed by atoms with van der Waals surface area (Å²) in [5.74, 6) is 0. The molecule has 0 bridgehead atoms. The first-order valence-electron chi connectivity index (χ1n) is 3.46. The molecule has 0 saturated heterocycles. The number of aliphatic hydroxyl groups is 2. The van der Waals surface area contributed by atoms with Crippen LogP contribution in [0, 0.1) is 0 Å². The van der Waals surface area contributed by atoms with Crippen LogP contribution in [-0.2, 0) is 9.53 Å². The third kappa shape index (κ3) is 3.46. The van der Waals surface area contributed by atoms with E-state index in [-0.39, 0.29) is 6.42 Å². The second kappa shape index (κ2) is 5.23. The summed E-state index contributed by atoms with van der Waals surface area (Å²) in [6.45, 7) is 1.50. The van der Waals surface area contributed by atoms with Gasteiger partial charge in [-0.1, -0.05) is 0 Å². The van der Waals surface area contributed by atoms with E-state index in [4.69, 9.17) is 14.9 Å². The summed E-state index contributed by atoms with van der Waals surface area (Å²) in [6, 6.07) is 0. The molecule has 0 aromatic carbocycles. The fourth-order valence-electron chi connectivity index (χ4n) is 0.908. The first kappa shape index (κ1) is 10.6. The van der Waals surface area contributed by atoms with Crippen LogP contribution in [0.3, 0.4) is 0 Å². The zero-order chi connectivity index (χ0) is 8.85. The molecule has 4 nitrogen and oxygen atoms in total. The van der Waals surface area contributed by atoms with Crippen molar-refractivity contribution < 1.29 is 19.7 Å². The molecule has 2 N–H and O–H groups in total. The molecule has 0 saturated carbocycles. The molecule has 0 unspecified atom stereocenters. The molecule has 0 heterocycles. The maximum Gasteiger partial charge on any atom is 0.122 e. The fraction of sp³-hybridized carbons (Fsp3) is 0.857. The van der Waals surface area contributed by atoms with Gasteiger partial charge in [0, 0.05) is 13.5 Å². The van der Waals surface area contributed by atoms with Gasteiger partial charge in [0.25, 0.3) is 0 Å². The Bertz CT molecular complexity index is 113. The van der Waals surface area contributed by atoms with Crippen molar-refractivity contribution in [1.82, 2.24) is 0 Å². The molecule has 4 heteroatoms. The standard InChI is InChI=1S/C7H14O4/c1-5(9)7(11-2)6(10)3-4-8/h4-7,9-10H,3H2,1-2H3/t5-,6-,7-/m1/s1. The third-order valence-electron chi connectivity index (χ3n) is 1.46. The zero-order valence-corrected chi connectivity index (χ0v) is 6.73. The van der Waals surface area contributed by atoms with Crippen LogP contribution in [0.4, 0.5) is 0 Å². The zero-order valence-electron chi connectivity index (χ0n) is 6.73. The van der Waals surface area contributed by atoms with Crippen molar-refractivity contribution in [1.29, 1.82) is 0 Å². The Morgan fingerprint density at radius 3 is 2.36 bits per heavy atom. The minimum Gasteiger partial charge on any atom is -0.391 e. The Labute approximate surface area is 65.8 Å². The highest BCUT2D eigenvalue weighted by Crippen LogP contribution is 2.05. The molecule has 3 atom stereocenters. The number of ether oxygens (including phenoxy) is 1. The SMILES string of the molecule is CO[C@@H]([C@H](O)CC=O)[C@@H](C)O. The van der Waals surface area contributed by atoms with E-state index in [0.717, 1.165) is 0 Å². The lowest BCUT2D eigenvalue weighted by molar-refractivity contribution is -0.115. The van der Waals surface area contributed by atoms with Crippen LogP contribution in [0.2, 0.25) is 0 Å². The Morgan fingerprint density at radius 1 is 1.55 bits per heavy atom. The average Bonchev–Trinajstić information content (AvgIpc) is 1.88. The lowest BCUT2D eigenvalue weighted by Gasteiger charge is -2.22. The molecule has 0 aliphatic carbocycles. The maximum atomic E-state index is 9.96. The molecule has 0 fully saturated rings. The number of methoxy groups -OCH3 is 1. The summed E-state index contributed by atoms with van der Waals surface area (Å²) >= 11 is 0. The third-order valence-corrected chi connectivity index (χ3v) is 1.46. The van der Waals surface area contributed by atoms with E-state index in [0.29, 0.717) is 6.29 Å². The van der Waals surface area contributed by atoms with E-state index in [1.54, 1.807) is 0 Å². The molecule has 0 aliphatic rings. The van der Waals surface area contributed by atoms with Crippen LogP contribution < -0.4 is 0 Å². The quantitative estimate of drug-likeness (QED) is 0.526. The summed E-state index contributed by atoms with van der Waals surface area (Å²) in [5, 5.41) is 18.2. The van der Waals surface area contributed by atoms with Crippen molar-refractivity contribution in [3.05, 3.63) is 0 Å². The highest BCUT2D eigenvalue weighted by Gasteiger charge is 2.22. The molecular weight excluding hydrogens is 148 g/mol. The molecule has 11 heavy (non-hydrogen) atoms. The van der Waals surface area contributed by atoms with Gasteiger partial charge in [-0.2, -0.15) is 0 Å². The number of aldehydes is 1. The van der Waals surface area contributed by atoms with Crippen molar-refractivity contribution in [2.24, 2.45) is 0 Å². The van der Waals surface area contributed by atoms with Crippen molar-refractivity contribution in [2.45, 2.75) is 31.7 Å². The van der Waals surface area contributed by atoms with Crippen molar-refractivity contribution in [3.8, 4) is 0 Å². The van der Waals surface area contributed by atoms with Gasteiger partial charge in [-0.3, -0.25) is 0 Å². The molecule has 66 valence electrons. The Balaban J connectivity index is 3.90. The molecule has 0 radical (unpaired) electrons. The van der Waals surface area contributed by atoms with Crippen LogP contribution in [0.15, 0.2) is 0 Å². The molecule has 0 spiro atoms. The van der Waals surface area contributed by atoms with Crippen LogP contribution in [0.25, 0.3) is 0 Å². The Kier molecular flexibility index (Phi) is 5.02. The second-order valence-electron chi connectivity index (χ2n) is 2.41. The van der Waals surface area contributed by atoms with Gasteiger partial charge in [0.2, 0.25) is 0 Å². The summed E-state index contributed by atoms with van der Waals surface area (Å²) in [7, 11) is 1.38. The lowest BCUT2D eigenvalue weighted by Crippen LogP contribution is -2.37. The van der Waals surface area contributed by atoms with E-state index < -0.39 is 18.3 Å². The summed E-state index contributed by atoms with van der Waals surface area (Å²) in [4.78, 5) is 9.96. The van der Waals surface area contributed by atoms with Gasteiger partial charge in [-0.25, -0.2) is 0 Å². The van der Waals surface area contributed by atoms with Crippen LogP contribution in [0.5, 0.6) is 0 Å². The largest absolute Gasteiger partial charge is 0.391 e. The second-order valence-corrected chi connectivity index (χ2v) is 2.41. The first-order valence-corrected chi connectivity index (χ1v) is 3.46. The Morgan fingerprint density at radius 2 is 2.09 bits per heavy atom. The van der Waals surface area contributed by atoms with Gasteiger partial charge < -0.3 is 19.7 Å². The van der Waals surface area contributed by atoms with Gasteiger partial charge in [0.1, 0.15) is 12.4 Å². The van der Waals surface area contributed by atoms with E-state index in [2.05, 4.69) is 0 Å². The Hall–Kier alpha value is -0.450. The van der Waals surface area contributed by atoms with Crippen molar-refractivity contribution >= 4 is 6.29 Å². The van der Waals surface area contributed by atoms with Gasteiger partial charge in [0.05, 0.1) is 12.2 Å². The van der Waals surface area contributed by atoms with Crippen molar-refractivity contribution in [2.75, 3.05) is 7.11 Å². The van der Waals surface area contributed by atoms with Gasteiger partial charge in [-0.15, -0.1) is 0 Å². The molecule has 0 aromatic rings. The average molecular weight is 162 g/mol. The van der Waals surface area contributed by atoms with Crippen LogP contribution in [0.1, 0.15) is 13.3 Å². The predicted molar refractivity (Wildman–Crippen MR) is 39.2 cm³/mol. The number of aliphatic hydroxyl groups excluding tert-OH is 2. The summed E-state index contributed by atoms with van der Waals surface area (Å²) in [5.41, 5.74) is 0. The van der Waals surface area contributed by atoms with E-state index >= 15 is 0 Å². The van der Waals surface area contributed by atoms with Gasteiger partial charge in [0.15, 0.2) is 0 Å². The number of carbonyl (C=O) groups is 1. The summed E-state index contributed by atoms with van der Waals surface area (Å²) < 4.78 is 4.77.